The Hall–Kier alpha value is -1.88. The molecule has 1 unspecified atom stereocenters. The number of Topliss-reactive ketones (excluding diaryl/α,β-unsaturated/α-hetero) is 1. The highest BCUT2D eigenvalue weighted by molar-refractivity contribution is 5.96. The van der Waals surface area contributed by atoms with Crippen LogP contribution in [0.2, 0.25) is 0 Å². The van der Waals surface area contributed by atoms with Crippen molar-refractivity contribution in [1.29, 1.82) is 0 Å². The third-order valence-electron chi connectivity index (χ3n) is 8.02. The van der Waals surface area contributed by atoms with Crippen molar-refractivity contribution >= 4 is 11.7 Å². The Kier molecular flexibility index (Phi) is 3.55. The number of amides is 1. The number of primary amides is 1. The van der Waals surface area contributed by atoms with E-state index in [1.54, 1.807) is 6.07 Å². The SMILES string of the molecule is NC(=O)c1ccc2c(c1O)[C@]13CCC(CC4CC4)[C@H](C2)[C@]1(O)CCC(=O)C3. The maximum Gasteiger partial charge on any atom is 0.252 e. The molecule has 4 atom stereocenters. The molecule has 4 aliphatic carbocycles. The molecule has 3 fully saturated rings. The van der Waals surface area contributed by atoms with Gasteiger partial charge in [0, 0.05) is 23.8 Å². The van der Waals surface area contributed by atoms with Crippen LogP contribution in [0.1, 0.15) is 72.9 Å². The van der Waals surface area contributed by atoms with Gasteiger partial charge in [0.15, 0.2) is 0 Å². The van der Waals surface area contributed by atoms with E-state index in [1.807, 2.05) is 6.07 Å². The molecule has 0 aliphatic heterocycles. The Bertz CT molecular complexity index is 845. The molecule has 1 amide bonds. The molecule has 4 aliphatic rings. The Morgan fingerprint density at radius 1 is 1.22 bits per heavy atom. The summed E-state index contributed by atoms with van der Waals surface area (Å²) in [6, 6.07) is 3.47. The molecular formula is C22H27NO4. The molecule has 0 heterocycles. The summed E-state index contributed by atoms with van der Waals surface area (Å²) in [5.41, 5.74) is 5.37. The monoisotopic (exact) mass is 369 g/mol. The average molecular weight is 369 g/mol. The van der Waals surface area contributed by atoms with E-state index in [1.165, 1.54) is 12.8 Å². The van der Waals surface area contributed by atoms with Crippen LogP contribution in [-0.2, 0) is 16.6 Å². The molecule has 1 aromatic rings. The quantitative estimate of drug-likeness (QED) is 0.762. The highest BCUT2D eigenvalue weighted by Gasteiger charge is 2.65. The van der Waals surface area contributed by atoms with Gasteiger partial charge in [0.25, 0.3) is 5.91 Å². The lowest BCUT2D eigenvalue weighted by molar-refractivity contribution is -0.173. The van der Waals surface area contributed by atoms with Crippen molar-refractivity contribution in [1.82, 2.24) is 0 Å². The molecule has 0 radical (unpaired) electrons. The highest BCUT2D eigenvalue weighted by atomic mass is 16.3. The molecule has 3 saturated carbocycles. The first-order chi connectivity index (χ1) is 12.9. The maximum absolute atomic E-state index is 12.5. The van der Waals surface area contributed by atoms with Crippen molar-refractivity contribution in [3.63, 3.8) is 0 Å². The minimum Gasteiger partial charge on any atom is -0.507 e. The van der Waals surface area contributed by atoms with Crippen molar-refractivity contribution in [2.75, 3.05) is 0 Å². The molecule has 0 spiro atoms. The van der Waals surface area contributed by atoms with E-state index in [0.717, 1.165) is 24.3 Å². The normalized spacial score (nSPS) is 37.4. The summed E-state index contributed by atoms with van der Waals surface area (Å²) < 4.78 is 0. The molecular weight excluding hydrogens is 342 g/mol. The van der Waals surface area contributed by atoms with Gasteiger partial charge in [0.05, 0.1) is 11.2 Å². The van der Waals surface area contributed by atoms with Crippen LogP contribution in [0.3, 0.4) is 0 Å². The van der Waals surface area contributed by atoms with Crippen LogP contribution in [0, 0.1) is 17.8 Å². The Balaban J connectivity index is 1.70. The predicted molar refractivity (Wildman–Crippen MR) is 99.4 cm³/mol. The highest BCUT2D eigenvalue weighted by Crippen LogP contribution is 2.64. The minimum absolute atomic E-state index is 0.0852. The van der Waals surface area contributed by atoms with E-state index in [2.05, 4.69) is 0 Å². The number of phenols is 1. The fourth-order valence-corrected chi connectivity index (χ4v) is 6.62. The molecule has 2 bridgehead atoms. The van der Waals surface area contributed by atoms with Gasteiger partial charge in [-0.15, -0.1) is 0 Å². The summed E-state index contributed by atoms with van der Waals surface area (Å²) in [7, 11) is 0. The largest absolute Gasteiger partial charge is 0.507 e. The molecule has 27 heavy (non-hydrogen) atoms. The first kappa shape index (κ1) is 17.2. The number of hydrogen-bond donors (Lipinski definition) is 3. The van der Waals surface area contributed by atoms with Crippen LogP contribution in [0.5, 0.6) is 5.75 Å². The third-order valence-corrected chi connectivity index (χ3v) is 8.02. The van der Waals surface area contributed by atoms with Gasteiger partial charge in [0.1, 0.15) is 11.5 Å². The molecule has 5 nitrogen and oxygen atoms in total. The van der Waals surface area contributed by atoms with Crippen LogP contribution in [-0.4, -0.2) is 27.5 Å². The Labute approximate surface area is 158 Å². The molecule has 0 saturated heterocycles. The minimum atomic E-state index is -0.987. The van der Waals surface area contributed by atoms with Gasteiger partial charge in [-0.3, -0.25) is 9.59 Å². The number of benzene rings is 1. The van der Waals surface area contributed by atoms with Crippen molar-refractivity contribution in [2.45, 2.75) is 68.8 Å². The van der Waals surface area contributed by atoms with Crippen LogP contribution in [0.4, 0.5) is 0 Å². The zero-order valence-corrected chi connectivity index (χ0v) is 15.5. The standard InChI is InChI=1S/C22H27NO4/c23-20(26)16-4-3-14-10-17-13(9-12-1-2-12)5-7-21(18(14)19(16)25)11-15(24)6-8-22(17,21)27/h3-4,12-13,17,25,27H,1-2,5-11H2,(H2,23,26)/t13?,17-,21+,22+/m0/s1. The van der Waals surface area contributed by atoms with Crippen molar-refractivity contribution in [3.05, 3.63) is 28.8 Å². The van der Waals surface area contributed by atoms with E-state index in [-0.39, 0.29) is 29.4 Å². The number of carbonyl (C=O) groups excluding carboxylic acids is 2. The summed E-state index contributed by atoms with van der Waals surface area (Å²) in [6.45, 7) is 0. The van der Waals surface area contributed by atoms with E-state index < -0.39 is 16.9 Å². The van der Waals surface area contributed by atoms with Crippen LogP contribution < -0.4 is 5.73 Å². The number of hydrogen-bond acceptors (Lipinski definition) is 4. The molecule has 5 rings (SSSR count). The van der Waals surface area contributed by atoms with Crippen LogP contribution in [0.25, 0.3) is 0 Å². The molecule has 4 N–H and O–H groups in total. The van der Waals surface area contributed by atoms with E-state index in [0.29, 0.717) is 37.2 Å². The molecule has 0 aromatic heterocycles. The average Bonchev–Trinajstić information content (AvgIpc) is 3.42. The first-order valence-electron chi connectivity index (χ1n) is 10.2. The lowest BCUT2D eigenvalue weighted by atomic mass is 9.43. The molecule has 144 valence electrons. The fraction of sp³-hybridized carbons (Fsp3) is 0.636. The number of aliphatic hydroxyl groups is 1. The lowest BCUT2D eigenvalue weighted by Gasteiger charge is -2.62. The molecule has 1 aromatic carbocycles. The van der Waals surface area contributed by atoms with Gasteiger partial charge in [-0.25, -0.2) is 0 Å². The van der Waals surface area contributed by atoms with Crippen molar-refractivity contribution < 1.29 is 19.8 Å². The summed E-state index contributed by atoms with van der Waals surface area (Å²) in [6.07, 6.45) is 7.22. The zero-order valence-electron chi connectivity index (χ0n) is 15.5. The fourth-order valence-electron chi connectivity index (χ4n) is 6.62. The summed E-state index contributed by atoms with van der Waals surface area (Å²) >= 11 is 0. The van der Waals surface area contributed by atoms with Gasteiger partial charge in [0.2, 0.25) is 0 Å². The van der Waals surface area contributed by atoms with Crippen LogP contribution >= 0.6 is 0 Å². The second-order valence-electron chi connectivity index (χ2n) is 9.37. The second-order valence-corrected chi connectivity index (χ2v) is 9.37. The summed E-state index contributed by atoms with van der Waals surface area (Å²) in [5.74, 6) is 0.717. The van der Waals surface area contributed by atoms with E-state index in [4.69, 9.17) is 5.73 Å². The predicted octanol–water partition coefficient (Wildman–Crippen LogP) is 2.60. The van der Waals surface area contributed by atoms with E-state index in [9.17, 15) is 19.8 Å². The third kappa shape index (κ3) is 2.27. The number of ketones is 1. The number of carbonyl (C=O) groups is 2. The van der Waals surface area contributed by atoms with Crippen molar-refractivity contribution in [2.24, 2.45) is 23.5 Å². The number of aromatic hydroxyl groups is 1. The summed E-state index contributed by atoms with van der Waals surface area (Å²) in [4.78, 5) is 24.3. The lowest BCUT2D eigenvalue weighted by Crippen LogP contribution is -2.66. The van der Waals surface area contributed by atoms with Gasteiger partial charge >= 0.3 is 0 Å². The van der Waals surface area contributed by atoms with Gasteiger partial charge < -0.3 is 15.9 Å². The van der Waals surface area contributed by atoms with Gasteiger partial charge in [-0.05, 0) is 61.5 Å². The topological polar surface area (TPSA) is 101 Å². The Morgan fingerprint density at radius 3 is 2.70 bits per heavy atom. The van der Waals surface area contributed by atoms with Crippen molar-refractivity contribution in [3.8, 4) is 5.75 Å². The first-order valence-corrected chi connectivity index (χ1v) is 10.2. The number of rotatable bonds is 3. The van der Waals surface area contributed by atoms with Gasteiger partial charge in [-0.2, -0.15) is 0 Å². The van der Waals surface area contributed by atoms with Gasteiger partial charge in [-0.1, -0.05) is 18.9 Å². The molecule has 5 heteroatoms. The zero-order chi connectivity index (χ0) is 19.0. The maximum atomic E-state index is 12.5. The van der Waals surface area contributed by atoms with Crippen LogP contribution in [0.15, 0.2) is 12.1 Å². The number of nitrogens with two attached hydrogens (primary N) is 1. The summed E-state index contributed by atoms with van der Waals surface area (Å²) in [5, 5.41) is 23.0. The van der Waals surface area contributed by atoms with E-state index >= 15 is 0 Å². The second kappa shape index (κ2) is 5.57. The smallest absolute Gasteiger partial charge is 0.252 e. The number of fused-ring (bicyclic) bond motifs is 1. The Morgan fingerprint density at radius 2 is 2.00 bits per heavy atom.